The van der Waals surface area contributed by atoms with E-state index in [9.17, 15) is 4.79 Å². The Morgan fingerprint density at radius 1 is 1.31 bits per heavy atom. The van der Waals surface area contributed by atoms with Crippen molar-refractivity contribution < 1.29 is 9.53 Å². The third kappa shape index (κ3) is 4.27. The molecule has 0 aliphatic carbocycles. The molecule has 0 amide bonds. The van der Waals surface area contributed by atoms with Crippen molar-refractivity contribution >= 4 is 18.6 Å². The number of ether oxygens (including phenoxy) is 1. The Balaban J connectivity index is 2.63. The van der Waals surface area contributed by atoms with Crippen LogP contribution in [0.2, 0.25) is 0 Å². The van der Waals surface area contributed by atoms with Crippen molar-refractivity contribution in [1.82, 2.24) is 0 Å². The number of para-hydroxylation sites is 1. The Morgan fingerprint density at radius 2 is 2.06 bits per heavy atom. The Morgan fingerprint density at radius 3 is 2.75 bits per heavy atom. The van der Waals surface area contributed by atoms with Gasteiger partial charge in [0.2, 0.25) is 0 Å². The Kier molecular flexibility index (Phi) is 6.01. The lowest BCUT2D eigenvalue weighted by molar-refractivity contribution is -0.131. The first kappa shape index (κ1) is 13.1. The fourth-order valence-electron chi connectivity index (χ4n) is 1.53. The highest BCUT2D eigenvalue weighted by atomic mass is 32.1. The first-order valence-corrected chi connectivity index (χ1v) is 6.30. The van der Waals surface area contributed by atoms with E-state index < -0.39 is 0 Å². The molecule has 0 aromatic heterocycles. The third-order valence-electron chi connectivity index (χ3n) is 2.38. The van der Waals surface area contributed by atoms with E-state index in [1.54, 1.807) is 0 Å². The molecule has 0 saturated heterocycles. The smallest absolute Gasteiger partial charge is 0.321 e. The van der Waals surface area contributed by atoms with E-state index in [-0.39, 0.29) is 11.7 Å². The normalized spacial score (nSPS) is 10.1. The van der Waals surface area contributed by atoms with E-state index >= 15 is 0 Å². The van der Waals surface area contributed by atoms with Gasteiger partial charge in [-0.2, -0.15) is 12.6 Å². The summed E-state index contributed by atoms with van der Waals surface area (Å²) in [7, 11) is 0. The van der Waals surface area contributed by atoms with Gasteiger partial charge in [-0.3, -0.25) is 4.79 Å². The molecule has 0 radical (unpaired) electrons. The van der Waals surface area contributed by atoms with Gasteiger partial charge in [-0.25, -0.2) is 0 Å². The molecule has 0 atom stereocenters. The Bertz CT molecular complexity index is 336. The van der Waals surface area contributed by atoms with Crippen LogP contribution in [0.1, 0.15) is 31.7 Å². The van der Waals surface area contributed by atoms with Crippen molar-refractivity contribution in [3.63, 3.8) is 0 Å². The van der Waals surface area contributed by atoms with Gasteiger partial charge in [0.1, 0.15) is 5.75 Å². The second kappa shape index (κ2) is 7.34. The van der Waals surface area contributed by atoms with Gasteiger partial charge in [-0.05, 0) is 24.5 Å². The van der Waals surface area contributed by atoms with E-state index in [2.05, 4.69) is 19.6 Å². The number of unbranched alkanes of at least 4 members (excludes halogenated alkanes) is 2. The minimum Gasteiger partial charge on any atom is -0.426 e. The summed E-state index contributed by atoms with van der Waals surface area (Å²) in [4.78, 5) is 11.2. The molecule has 3 heteroatoms. The molecule has 0 saturated carbocycles. The first-order valence-electron chi connectivity index (χ1n) is 5.67. The summed E-state index contributed by atoms with van der Waals surface area (Å²) in [5, 5.41) is 0. The maximum atomic E-state index is 11.2. The molecule has 0 N–H and O–H groups in total. The standard InChI is InChI=1S/C13H18O2S/c1-2-3-4-7-11-8-5-6-9-12(11)15-13(14)10-16/h5-6,8-9,16H,2-4,7,10H2,1H3. The molecule has 88 valence electrons. The molecule has 0 unspecified atom stereocenters. The average Bonchev–Trinajstić information content (AvgIpc) is 2.31. The summed E-state index contributed by atoms with van der Waals surface area (Å²) >= 11 is 3.89. The molecule has 16 heavy (non-hydrogen) atoms. The number of hydrogen-bond acceptors (Lipinski definition) is 3. The molecule has 0 aliphatic rings. The van der Waals surface area contributed by atoms with Crippen LogP contribution < -0.4 is 4.74 Å². The predicted octanol–water partition coefficient (Wildman–Crippen LogP) is 3.25. The minimum atomic E-state index is -0.300. The molecular formula is C13H18O2S. The zero-order chi connectivity index (χ0) is 11.8. The van der Waals surface area contributed by atoms with Gasteiger partial charge in [0.15, 0.2) is 0 Å². The van der Waals surface area contributed by atoms with Gasteiger partial charge in [-0.15, -0.1) is 0 Å². The fourth-order valence-corrected chi connectivity index (χ4v) is 1.59. The zero-order valence-electron chi connectivity index (χ0n) is 9.61. The predicted molar refractivity (Wildman–Crippen MR) is 69.2 cm³/mol. The van der Waals surface area contributed by atoms with Crippen LogP contribution in [0.4, 0.5) is 0 Å². The van der Waals surface area contributed by atoms with Crippen LogP contribution in [0.15, 0.2) is 24.3 Å². The molecule has 0 spiro atoms. The van der Waals surface area contributed by atoms with Gasteiger partial charge in [0.05, 0.1) is 5.75 Å². The van der Waals surface area contributed by atoms with Crippen molar-refractivity contribution in [2.75, 3.05) is 5.75 Å². The van der Waals surface area contributed by atoms with Gasteiger partial charge < -0.3 is 4.74 Å². The highest BCUT2D eigenvalue weighted by molar-refractivity contribution is 7.81. The average molecular weight is 238 g/mol. The number of benzene rings is 1. The second-order valence-corrected chi connectivity index (χ2v) is 4.01. The first-order chi connectivity index (χ1) is 7.77. The second-order valence-electron chi connectivity index (χ2n) is 3.70. The summed E-state index contributed by atoms with van der Waals surface area (Å²) in [5.74, 6) is 0.493. The number of aryl methyl sites for hydroxylation is 1. The van der Waals surface area contributed by atoms with Gasteiger partial charge in [0.25, 0.3) is 0 Å². The topological polar surface area (TPSA) is 26.3 Å². The van der Waals surface area contributed by atoms with Crippen LogP contribution in [0.3, 0.4) is 0 Å². The molecular weight excluding hydrogens is 220 g/mol. The van der Waals surface area contributed by atoms with Crippen molar-refractivity contribution in [2.24, 2.45) is 0 Å². The fraction of sp³-hybridized carbons (Fsp3) is 0.462. The molecule has 2 nitrogen and oxygen atoms in total. The quantitative estimate of drug-likeness (QED) is 0.356. The number of hydrogen-bond donors (Lipinski definition) is 1. The number of esters is 1. The van der Waals surface area contributed by atoms with Crippen LogP contribution in [-0.4, -0.2) is 11.7 Å². The number of rotatable bonds is 6. The summed E-state index contributed by atoms with van der Waals surface area (Å²) in [6, 6.07) is 7.70. The van der Waals surface area contributed by atoms with E-state index in [0.29, 0.717) is 5.75 Å². The summed E-state index contributed by atoms with van der Waals surface area (Å²) < 4.78 is 5.21. The molecule has 1 rings (SSSR count). The van der Waals surface area contributed by atoms with Crippen LogP contribution in [0, 0.1) is 0 Å². The van der Waals surface area contributed by atoms with Crippen molar-refractivity contribution in [3.05, 3.63) is 29.8 Å². The van der Waals surface area contributed by atoms with E-state index in [4.69, 9.17) is 4.74 Å². The van der Waals surface area contributed by atoms with Crippen LogP contribution in [-0.2, 0) is 11.2 Å². The minimum absolute atomic E-state index is 0.114. The molecule has 0 aliphatic heterocycles. The Hall–Kier alpha value is -0.960. The third-order valence-corrected chi connectivity index (χ3v) is 2.63. The van der Waals surface area contributed by atoms with Gasteiger partial charge in [0, 0.05) is 0 Å². The molecule has 0 bridgehead atoms. The number of carbonyl (C=O) groups is 1. The highest BCUT2D eigenvalue weighted by Gasteiger charge is 2.06. The number of thiol groups is 1. The van der Waals surface area contributed by atoms with Crippen LogP contribution in [0.25, 0.3) is 0 Å². The molecule has 0 heterocycles. The molecule has 0 fully saturated rings. The Labute approximate surface area is 102 Å². The maximum absolute atomic E-state index is 11.2. The maximum Gasteiger partial charge on any atom is 0.321 e. The van der Waals surface area contributed by atoms with Crippen molar-refractivity contribution in [2.45, 2.75) is 32.6 Å². The van der Waals surface area contributed by atoms with Crippen molar-refractivity contribution in [1.29, 1.82) is 0 Å². The lowest BCUT2D eigenvalue weighted by atomic mass is 10.1. The highest BCUT2D eigenvalue weighted by Crippen LogP contribution is 2.20. The SMILES string of the molecule is CCCCCc1ccccc1OC(=O)CS. The summed E-state index contributed by atoms with van der Waals surface area (Å²) in [6.07, 6.45) is 4.49. The van der Waals surface area contributed by atoms with E-state index in [0.717, 1.165) is 18.4 Å². The lowest BCUT2D eigenvalue weighted by Gasteiger charge is -2.08. The largest absolute Gasteiger partial charge is 0.426 e. The molecule has 1 aromatic rings. The van der Waals surface area contributed by atoms with E-state index in [1.807, 2.05) is 24.3 Å². The zero-order valence-corrected chi connectivity index (χ0v) is 10.5. The molecule has 1 aromatic carbocycles. The van der Waals surface area contributed by atoms with Crippen molar-refractivity contribution in [3.8, 4) is 5.75 Å². The van der Waals surface area contributed by atoms with Gasteiger partial charge >= 0.3 is 5.97 Å². The van der Waals surface area contributed by atoms with Gasteiger partial charge in [-0.1, -0.05) is 38.0 Å². The summed E-state index contributed by atoms with van der Waals surface area (Å²) in [5.41, 5.74) is 1.10. The summed E-state index contributed by atoms with van der Waals surface area (Å²) in [6.45, 7) is 2.17. The van der Waals surface area contributed by atoms with E-state index in [1.165, 1.54) is 12.8 Å². The lowest BCUT2D eigenvalue weighted by Crippen LogP contribution is -2.10. The van der Waals surface area contributed by atoms with Crippen LogP contribution >= 0.6 is 12.6 Å². The number of carbonyl (C=O) groups excluding carboxylic acids is 1. The van der Waals surface area contributed by atoms with Crippen LogP contribution in [0.5, 0.6) is 5.75 Å². The monoisotopic (exact) mass is 238 g/mol.